The molecule has 2 aromatic heterocycles. The molecule has 2 aromatic rings. The fourth-order valence-corrected chi connectivity index (χ4v) is 1.48. The molecule has 0 aromatic carbocycles. The lowest BCUT2D eigenvalue weighted by Crippen LogP contribution is -1.86. The average Bonchev–Trinajstić information content (AvgIpc) is 2.12. The maximum atomic E-state index is 5.79. The molecule has 0 saturated carbocycles. The summed E-state index contributed by atoms with van der Waals surface area (Å²) in [4.78, 5) is 12.1. The van der Waals surface area contributed by atoms with Crippen LogP contribution in [-0.2, 0) is 0 Å². The van der Waals surface area contributed by atoms with Crippen LogP contribution in [0.5, 0.6) is 0 Å². The fraction of sp³-hybridized carbons (Fsp3) is 0. The lowest BCUT2D eigenvalue weighted by molar-refractivity contribution is 1.24. The summed E-state index contributed by atoms with van der Waals surface area (Å²) in [6.45, 7) is 0. The number of aromatic nitrogens is 3. The smallest absolute Gasteiger partial charge is 0.156 e. The molecule has 0 N–H and O–H groups in total. The molecular weight excluding hydrogens is 241 g/mol. The molecule has 0 aliphatic heterocycles. The monoisotopic (exact) mass is 243 g/mol. The molecule has 0 bridgehead atoms. The molecule has 0 unspecified atom stereocenters. The second-order valence-electron chi connectivity index (χ2n) is 2.15. The van der Waals surface area contributed by atoms with Crippen LogP contribution >= 0.6 is 27.5 Å². The molecule has 0 amide bonds. The minimum absolute atomic E-state index is 0.376. The summed E-state index contributed by atoms with van der Waals surface area (Å²) in [5, 5.41) is 0.376. The summed E-state index contributed by atoms with van der Waals surface area (Å²) in [5.41, 5.74) is 1.35. The minimum atomic E-state index is 0.376. The van der Waals surface area contributed by atoms with E-state index in [-0.39, 0.29) is 0 Å². The number of pyridine rings is 1. The Morgan fingerprint density at radius 2 is 1.75 bits per heavy atom. The predicted octanol–water partition coefficient (Wildman–Crippen LogP) is 2.44. The topological polar surface area (TPSA) is 38.7 Å². The molecule has 3 nitrogen and oxygen atoms in total. The van der Waals surface area contributed by atoms with Crippen molar-refractivity contribution in [3.05, 3.63) is 28.2 Å². The van der Waals surface area contributed by atoms with Crippen LogP contribution < -0.4 is 0 Å². The van der Waals surface area contributed by atoms with Crippen LogP contribution in [-0.4, -0.2) is 15.0 Å². The highest BCUT2D eigenvalue weighted by molar-refractivity contribution is 9.10. The van der Waals surface area contributed by atoms with Crippen LogP contribution in [0.3, 0.4) is 0 Å². The van der Waals surface area contributed by atoms with Gasteiger partial charge in [0, 0.05) is 18.6 Å². The summed E-state index contributed by atoms with van der Waals surface area (Å²) in [6.07, 6.45) is 4.81. The summed E-state index contributed by atoms with van der Waals surface area (Å²) >= 11 is 9.10. The van der Waals surface area contributed by atoms with Gasteiger partial charge >= 0.3 is 0 Å². The van der Waals surface area contributed by atoms with Crippen molar-refractivity contribution in [2.45, 2.75) is 0 Å². The molecule has 12 heavy (non-hydrogen) atoms. The molecule has 2 heterocycles. The van der Waals surface area contributed by atoms with Gasteiger partial charge < -0.3 is 0 Å². The molecule has 2 rings (SSSR count). The van der Waals surface area contributed by atoms with Crippen molar-refractivity contribution in [2.75, 3.05) is 0 Å². The third kappa shape index (κ3) is 1.17. The van der Waals surface area contributed by atoms with Crippen molar-refractivity contribution in [1.82, 2.24) is 15.0 Å². The van der Waals surface area contributed by atoms with Crippen LogP contribution in [0.1, 0.15) is 0 Å². The molecule has 0 aliphatic rings. The van der Waals surface area contributed by atoms with E-state index < -0.39 is 0 Å². The zero-order chi connectivity index (χ0) is 8.55. The van der Waals surface area contributed by atoms with Crippen LogP contribution in [0.4, 0.5) is 0 Å². The Kier molecular flexibility index (Phi) is 1.94. The van der Waals surface area contributed by atoms with Crippen LogP contribution in [0.25, 0.3) is 11.0 Å². The predicted molar refractivity (Wildman–Crippen MR) is 50.0 cm³/mol. The van der Waals surface area contributed by atoms with E-state index in [9.17, 15) is 0 Å². The van der Waals surface area contributed by atoms with Crippen molar-refractivity contribution < 1.29 is 0 Å². The van der Waals surface area contributed by atoms with E-state index in [2.05, 4.69) is 30.9 Å². The number of halogens is 2. The second-order valence-corrected chi connectivity index (χ2v) is 3.36. The standard InChI is InChI=1S/C7H3BrClN3/c8-4-3-12-7(9)6-5(4)10-1-2-11-6/h1-3H. The Labute approximate surface area is 81.9 Å². The Morgan fingerprint density at radius 3 is 2.42 bits per heavy atom. The third-order valence-electron chi connectivity index (χ3n) is 1.41. The number of nitrogens with zero attached hydrogens (tertiary/aromatic N) is 3. The maximum absolute atomic E-state index is 5.79. The molecule has 5 heteroatoms. The summed E-state index contributed by atoms with van der Waals surface area (Å²) in [6, 6.07) is 0. The first-order chi connectivity index (χ1) is 5.79. The van der Waals surface area contributed by atoms with Gasteiger partial charge in [-0.05, 0) is 15.9 Å². The van der Waals surface area contributed by atoms with E-state index in [1.807, 2.05) is 0 Å². The molecule has 0 aliphatic carbocycles. The highest BCUT2D eigenvalue weighted by Crippen LogP contribution is 2.23. The SMILES string of the molecule is Clc1ncc(Br)c2nccnc12. The zero-order valence-corrected chi connectivity index (χ0v) is 8.17. The van der Waals surface area contributed by atoms with Crippen LogP contribution in [0, 0.1) is 0 Å². The normalized spacial score (nSPS) is 10.5. The highest BCUT2D eigenvalue weighted by atomic mass is 79.9. The Hall–Kier alpha value is -0.740. The maximum Gasteiger partial charge on any atom is 0.156 e. The van der Waals surface area contributed by atoms with E-state index in [1.54, 1.807) is 18.6 Å². The minimum Gasteiger partial charge on any atom is -0.252 e. The first-order valence-electron chi connectivity index (χ1n) is 3.20. The van der Waals surface area contributed by atoms with Crippen molar-refractivity contribution in [1.29, 1.82) is 0 Å². The van der Waals surface area contributed by atoms with Crippen molar-refractivity contribution in [3.63, 3.8) is 0 Å². The Balaban J connectivity index is 2.95. The summed E-state index contributed by atoms with van der Waals surface area (Å²) < 4.78 is 0.801. The molecule has 0 atom stereocenters. The molecule has 0 spiro atoms. The molecule has 60 valence electrons. The summed E-state index contributed by atoms with van der Waals surface area (Å²) in [7, 11) is 0. The number of rotatable bonds is 0. The van der Waals surface area contributed by atoms with Gasteiger partial charge in [-0.25, -0.2) is 9.97 Å². The first kappa shape index (κ1) is 7.89. The Morgan fingerprint density at radius 1 is 1.08 bits per heavy atom. The largest absolute Gasteiger partial charge is 0.252 e. The van der Waals surface area contributed by atoms with Crippen LogP contribution in [0.15, 0.2) is 23.1 Å². The van der Waals surface area contributed by atoms with Gasteiger partial charge in [-0.1, -0.05) is 11.6 Å². The van der Waals surface area contributed by atoms with Gasteiger partial charge in [0.05, 0.1) is 4.47 Å². The lowest BCUT2D eigenvalue weighted by atomic mass is 10.4. The number of hydrogen-bond acceptors (Lipinski definition) is 3. The first-order valence-corrected chi connectivity index (χ1v) is 4.37. The van der Waals surface area contributed by atoms with Crippen molar-refractivity contribution >= 4 is 38.6 Å². The molecular formula is C7H3BrClN3. The average molecular weight is 244 g/mol. The molecule has 0 fully saturated rings. The van der Waals surface area contributed by atoms with Gasteiger partial charge in [0.1, 0.15) is 11.0 Å². The van der Waals surface area contributed by atoms with Crippen molar-refractivity contribution in [2.24, 2.45) is 0 Å². The van der Waals surface area contributed by atoms with Gasteiger partial charge in [-0.2, -0.15) is 0 Å². The summed E-state index contributed by atoms with van der Waals surface area (Å²) in [5.74, 6) is 0. The van der Waals surface area contributed by atoms with E-state index in [0.29, 0.717) is 10.7 Å². The van der Waals surface area contributed by atoms with Crippen LogP contribution in [0.2, 0.25) is 5.15 Å². The molecule has 0 radical (unpaired) electrons. The fourth-order valence-electron chi connectivity index (χ4n) is 0.899. The van der Waals surface area contributed by atoms with Gasteiger partial charge in [-0.3, -0.25) is 4.98 Å². The molecule has 0 saturated heterocycles. The number of hydrogen-bond donors (Lipinski definition) is 0. The van der Waals surface area contributed by atoms with E-state index in [0.717, 1.165) is 9.99 Å². The van der Waals surface area contributed by atoms with E-state index in [1.165, 1.54) is 0 Å². The van der Waals surface area contributed by atoms with Gasteiger partial charge in [0.15, 0.2) is 5.15 Å². The van der Waals surface area contributed by atoms with Crippen molar-refractivity contribution in [3.8, 4) is 0 Å². The van der Waals surface area contributed by atoms with E-state index >= 15 is 0 Å². The number of fused-ring (bicyclic) bond motifs is 1. The highest BCUT2D eigenvalue weighted by Gasteiger charge is 2.04. The third-order valence-corrected chi connectivity index (χ3v) is 2.27. The Bertz CT molecular complexity index is 391. The lowest BCUT2D eigenvalue weighted by Gasteiger charge is -1.98. The second kappa shape index (κ2) is 2.95. The zero-order valence-electron chi connectivity index (χ0n) is 5.83. The van der Waals surface area contributed by atoms with Gasteiger partial charge in [-0.15, -0.1) is 0 Å². The quantitative estimate of drug-likeness (QED) is 0.668. The van der Waals surface area contributed by atoms with E-state index in [4.69, 9.17) is 11.6 Å². The van der Waals surface area contributed by atoms with Gasteiger partial charge in [0.2, 0.25) is 0 Å². The van der Waals surface area contributed by atoms with Gasteiger partial charge in [0.25, 0.3) is 0 Å².